The van der Waals surface area contributed by atoms with Gasteiger partial charge in [0.2, 0.25) is 0 Å². The number of nitrogens with one attached hydrogen (secondary N) is 1. The zero-order chi connectivity index (χ0) is 17.6. The van der Waals surface area contributed by atoms with Crippen LogP contribution in [0.3, 0.4) is 0 Å². The SMILES string of the molecule is FC(F)(F)c1ccc(Nc2nc3cc(Cl)ccc3n3ccnc23)cc1. The van der Waals surface area contributed by atoms with Crippen molar-refractivity contribution in [2.45, 2.75) is 6.18 Å². The molecule has 8 heteroatoms. The topological polar surface area (TPSA) is 42.2 Å². The van der Waals surface area contributed by atoms with Crippen LogP contribution in [0.5, 0.6) is 0 Å². The van der Waals surface area contributed by atoms with E-state index in [1.54, 1.807) is 24.5 Å². The largest absolute Gasteiger partial charge is 0.416 e. The van der Waals surface area contributed by atoms with Crippen molar-refractivity contribution in [1.82, 2.24) is 14.4 Å². The minimum absolute atomic E-state index is 0.430. The number of rotatable bonds is 2. The van der Waals surface area contributed by atoms with E-state index in [1.807, 2.05) is 10.5 Å². The van der Waals surface area contributed by atoms with E-state index in [4.69, 9.17) is 11.6 Å². The van der Waals surface area contributed by atoms with Gasteiger partial charge < -0.3 is 5.32 Å². The molecular weight excluding hydrogens is 353 g/mol. The highest BCUT2D eigenvalue weighted by Gasteiger charge is 2.29. The van der Waals surface area contributed by atoms with Gasteiger partial charge in [0.15, 0.2) is 11.5 Å². The summed E-state index contributed by atoms with van der Waals surface area (Å²) in [5, 5.41) is 3.56. The first-order valence-corrected chi connectivity index (χ1v) is 7.66. The first-order chi connectivity index (χ1) is 11.9. The van der Waals surface area contributed by atoms with Gasteiger partial charge in [0, 0.05) is 23.1 Å². The molecule has 2 aromatic heterocycles. The van der Waals surface area contributed by atoms with E-state index in [1.165, 1.54) is 12.1 Å². The Morgan fingerprint density at radius 1 is 1.04 bits per heavy atom. The molecule has 0 aliphatic carbocycles. The van der Waals surface area contributed by atoms with E-state index >= 15 is 0 Å². The molecule has 4 nitrogen and oxygen atoms in total. The molecule has 4 aromatic rings. The van der Waals surface area contributed by atoms with Gasteiger partial charge in [-0.1, -0.05) is 11.6 Å². The summed E-state index contributed by atoms with van der Waals surface area (Å²) < 4.78 is 39.8. The van der Waals surface area contributed by atoms with Gasteiger partial charge in [0.1, 0.15) is 0 Å². The van der Waals surface area contributed by atoms with E-state index in [2.05, 4.69) is 15.3 Å². The minimum Gasteiger partial charge on any atom is -0.337 e. The molecule has 0 bridgehead atoms. The highest BCUT2D eigenvalue weighted by Crippen LogP contribution is 2.31. The summed E-state index contributed by atoms with van der Waals surface area (Å²) in [6.07, 6.45) is -0.957. The van der Waals surface area contributed by atoms with Gasteiger partial charge in [0.25, 0.3) is 0 Å². The van der Waals surface area contributed by atoms with Gasteiger partial charge in [-0.25, -0.2) is 9.97 Å². The van der Waals surface area contributed by atoms with Crippen LogP contribution in [-0.4, -0.2) is 14.4 Å². The number of imidazole rings is 1. The number of fused-ring (bicyclic) bond motifs is 3. The molecule has 0 atom stereocenters. The molecule has 0 spiro atoms. The Bertz CT molecular complexity index is 1070. The number of benzene rings is 2. The van der Waals surface area contributed by atoms with Crippen LogP contribution < -0.4 is 5.32 Å². The summed E-state index contributed by atoms with van der Waals surface area (Å²) in [4.78, 5) is 8.77. The minimum atomic E-state index is -4.37. The number of anilines is 2. The quantitative estimate of drug-likeness (QED) is 0.526. The van der Waals surface area contributed by atoms with Crippen molar-refractivity contribution in [3.8, 4) is 0 Å². The highest BCUT2D eigenvalue weighted by atomic mass is 35.5. The fraction of sp³-hybridized carbons (Fsp3) is 0.0588. The van der Waals surface area contributed by atoms with Crippen molar-refractivity contribution in [1.29, 1.82) is 0 Å². The van der Waals surface area contributed by atoms with E-state index < -0.39 is 11.7 Å². The Morgan fingerprint density at radius 2 is 1.80 bits per heavy atom. The molecule has 0 fully saturated rings. The van der Waals surface area contributed by atoms with E-state index in [-0.39, 0.29) is 0 Å². The second kappa shape index (κ2) is 5.63. The van der Waals surface area contributed by atoms with Crippen LogP contribution in [0.1, 0.15) is 5.56 Å². The maximum atomic E-state index is 12.7. The third kappa shape index (κ3) is 2.87. The van der Waals surface area contributed by atoms with Crippen LogP contribution >= 0.6 is 11.6 Å². The molecule has 0 aliphatic heterocycles. The molecule has 126 valence electrons. The summed E-state index contributed by atoms with van der Waals surface area (Å²) in [6.45, 7) is 0. The molecule has 2 aromatic carbocycles. The maximum absolute atomic E-state index is 12.7. The van der Waals surface area contributed by atoms with E-state index in [9.17, 15) is 13.2 Å². The summed E-state index contributed by atoms with van der Waals surface area (Å²) in [5.74, 6) is 0.430. The molecule has 25 heavy (non-hydrogen) atoms. The summed E-state index contributed by atoms with van der Waals surface area (Å²) in [6, 6.07) is 10.0. The Kier molecular flexibility index (Phi) is 3.54. The Labute approximate surface area is 144 Å². The average Bonchev–Trinajstić information content (AvgIpc) is 3.04. The van der Waals surface area contributed by atoms with Gasteiger partial charge in [-0.05, 0) is 42.5 Å². The molecule has 4 rings (SSSR count). The van der Waals surface area contributed by atoms with Crippen molar-refractivity contribution >= 4 is 39.8 Å². The number of nitrogens with zero attached hydrogens (tertiary/aromatic N) is 3. The summed E-state index contributed by atoms with van der Waals surface area (Å²) in [7, 11) is 0. The monoisotopic (exact) mass is 362 g/mol. The standard InChI is InChI=1S/C17H10ClF3N4/c18-11-3-6-14-13(9-11)24-15(16-22-7-8-25(14)16)23-12-4-1-10(2-5-12)17(19,20)21/h1-9H,(H,23,24). The fourth-order valence-corrected chi connectivity index (χ4v) is 2.76. The van der Waals surface area contributed by atoms with Crippen LogP contribution in [0.15, 0.2) is 54.9 Å². The molecule has 0 saturated carbocycles. The Morgan fingerprint density at radius 3 is 2.52 bits per heavy atom. The zero-order valence-electron chi connectivity index (χ0n) is 12.5. The first-order valence-electron chi connectivity index (χ1n) is 7.28. The lowest BCUT2D eigenvalue weighted by molar-refractivity contribution is -0.137. The highest BCUT2D eigenvalue weighted by molar-refractivity contribution is 6.31. The third-order valence-electron chi connectivity index (χ3n) is 3.76. The number of hydrogen-bond donors (Lipinski definition) is 1. The molecular formula is C17H10ClF3N4. The number of aromatic nitrogens is 3. The number of halogens is 4. The van der Waals surface area contributed by atoms with E-state index in [0.29, 0.717) is 27.7 Å². The van der Waals surface area contributed by atoms with Crippen LogP contribution in [0.25, 0.3) is 16.7 Å². The van der Waals surface area contributed by atoms with Crippen molar-refractivity contribution in [2.24, 2.45) is 0 Å². The van der Waals surface area contributed by atoms with E-state index in [0.717, 1.165) is 17.6 Å². The number of alkyl halides is 3. The van der Waals surface area contributed by atoms with Gasteiger partial charge >= 0.3 is 6.18 Å². The zero-order valence-corrected chi connectivity index (χ0v) is 13.3. The second-order valence-electron chi connectivity index (χ2n) is 5.41. The first kappa shape index (κ1) is 15.7. The van der Waals surface area contributed by atoms with Crippen molar-refractivity contribution < 1.29 is 13.2 Å². The van der Waals surface area contributed by atoms with Crippen molar-refractivity contribution in [3.63, 3.8) is 0 Å². The van der Waals surface area contributed by atoms with Crippen LogP contribution in [0.2, 0.25) is 5.02 Å². The fourth-order valence-electron chi connectivity index (χ4n) is 2.60. The molecule has 0 aliphatic rings. The van der Waals surface area contributed by atoms with Crippen LogP contribution in [-0.2, 0) is 6.18 Å². The van der Waals surface area contributed by atoms with Crippen molar-refractivity contribution in [2.75, 3.05) is 5.32 Å². The molecule has 0 amide bonds. The number of hydrogen-bond acceptors (Lipinski definition) is 3. The molecule has 0 radical (unpaired) electrons. The predicted molar refractivity (Wildman–Crippen MR) is 90.2 cm³/mol. The van der Waals surface area contributed by atoms with Crippen LogP contribution in [0, 0.1) is 0 Å². The van der Waals surface area contributed by atoms with Crippen LogP contribution in [0.4, 0.5) is 24.7 Å². The van der Waals surface area contributed by atoms with Gasteiger partial charge in [-0.3, -0.25) is 4.40 Å². The predicted octanol–water partition coefficient (Wildman–Crippen LogP) is 5.30. The Hall–Kier alpha value is -2.80. The van der Waals surface area contributed by atoms with Gasteiger partial charge in [-0.15, -0.1) is 0 Å². The van der Waals surface area contributed by atoms with Crippen molar-refractivity contribution in [3.05, 3.63) is 65.4 Å². The average molecular weight is 363 g/mol. The lowest BCUT2D eigenvalue weighted by atomic mass is 10.2. The Balaban J connectivity index is 1.79. The molecule has 1 N–H and O–H groups in total. The van der Waals surface area contributed by atoms with Gasteiger partial charge in [0.05, 0.1) is 16.6 Å². The second-order valence-corrected chi connectivity index (χ2v) is 5.85. The summed E-state index contributed by atoms with van der Waals surface area (Å²) >= 11 is 6.02. The maximum Gasteiger partial charge on any atom is 0.416 e. The lowest BCUT2D eigenvalue weighted by Gasteiger charge is -2.11. The normalized spacial score (nSPS) is 12.0. The summed E-state index contributed by atoms with van der Waals surface area (Å²) in [5.41, 5.74) is 1.81. The molecule has 2 heterocycles. The molecule has 0 saturated heterocycles. The molecule has 0 unspecified atom stereocenters. The van der Waals surface area contributed by atoms with Gasteiger partial charge in [-0.2, -0.15) is 13.2 Å². The third-order valence-corrected chi connectivity index (χ3v) is 3.99. The smallest absolute Gasteiger partial charge is 0.337 e. The lowest BCUT2D eigenvalue weighted by Crippen LogP contribution is -2.05.